The monoisotopic (exact) mass is 1430 g/mol. The molecule has 0 bridgehead atoms. The Kier molecular flexibility index (Phi) is 67.2. The molecule has 0 heterocycles. The lowest BCUT2D eigenvalue weighted by Gasteiger charge is -2.21. The van der Waals surface area contributed by atoms with Gasteiger partial charge in [-0.25, -0.2) is 9.13 Å². The van der Waals surface area contributed by atoms with E-state index in [9.17, 15) is 43.2 Å². The number of phosphoric ester groups is 2. The molecule has 0 radical (unpaired) electrons. The molecule has 98 heavy (non-hydrogen) atoms. The number of aliphatic hydroxyl groups excluding tert-OH is 1. The van der Waals surface area contributed by atoms with Crippen LogP contribution >= 0.6 is 15.6 Å². The molecule has 17 nitrogen and oxygen atoms in total. The summed E-state index contributed by atoms with van der Waals surface area (Å²) in [4.78, 5) is 72.9. The fourth-order valence-corrected chi connectivity index (χ4v) is 13.1. The van der Waals surface area contributed by atoms with Gasteiger partial charge < -0.3 is 33.8 Å². The second-order valence-electron chi connectivity index (χ2n) is 28.7. The van der Waals surface area contributed by atoms with Crippen molar-refractivity contribution in [2.24, 2.45) is 17.8 Å². The predicted octanol–water partition coefficient (Wildman–Crippen LogP) is 22.9. The van der Waals surface area contributed by atoms with Crippen LogP contribution in [-0.4, -0.2) is 96.7 Å². The Hall–Kier alpha value is -2.46. The molecular weight excluding hydrogens is 1280 g/mol. The van der Waals surface area contributed by atoms with Crippen LogP contribution in [-0.2, 0) is 65.4 Å². The van der Waals surface area contributed by atoms with E-state index in [-0.39, 0.29) is 25.7 Å². The van der Waals surface area contributed by atoms with Crippen molar-refractivity contribution in [2.45, 2.75) is 401 Å². The number of rotatable bonds is 75. The number of unbranched alkanes of at least 4 members (excludes halogenated alkanes) is 38. The number of esters is 4. The van der Waals surface area contributed by atoms with Crippen molar-refractivity contribution in [2.75, 3.05) is 39.6 Å². The van der Waals surface area contributed by atoms with E-state index in [0.29, 0.717) is 25.7 Å². The maximum Gasteiger partial charge on any atom is 0.472 e. The zero-order valence-electron chi connectivity index (χ0n) is 63.7. The highest BCUT2D eigenvalue weighted by atomic mass is 31.2. The van der Waals surface area contributed by atoms with Crippen LogP contribution in [0.3, 0.4) is 0 Å². The van der Waals surface area contributed by atoms with Crippen LogP contribution in [0.2, 0.25) is 0 Å². The number of ether oxygens (including phenoxy) is 4. The summed E-state index contributed by atoms with van der Waals surface area (Å²) in [5.74, 6) is 0.198. The van der Waals surface area contributed by atoms with Crippen LogP contribution in [0.5, 0.6) is 0 Å². The van der Waals surface area contributed by atoms with Crippen molar-refractivity contribution in [3.63, 3.8) is 0 Å². The summed E-state index contributed by atoms with van der Waals surface area (Å²) in [6.45, 7) is 11.9. The predicted molar refractivity (Wildman–Crippen MR) is 400 cm³/mol. The number of hydrogen-bond acceptors (Lipinski definition) is 15. The summed E-state index contributed by atoms with van der Waals surface area (Å²) in [7, 11) is -9.93. The Morgan fingerprint density at radius 2 is 0.602 bits per heavy atom. The zero-order chi connectivity index (χ0) is 72.3. The molecular formula is C79H150O17P2. The molecule has 578 valence electrons. The first-order chi connectivity index (χ1) is 47.3. The number of carbonyl (C=O) groups excluding carboxylic acids is 4. The molecule has 0 amide bonds. The van der Waals surface area contributed by atoms with E-state index in [1.54, 1.807) is 0 Å². The molecule has 0 aromatic heterocycles. The molecule has 19 heteroatoms. The minimum Gasteiger partial charge on any atom is -0.462 e. The molecule has 0 aliphatic heterocycles. The largest absolute Gasteiger partial charge is 0.472 e. The van der Waals surface area contributed by atoms with E-state index in [2.05, 4.69) is 72.8 Å². The lowest BCUT2D eigenvalue weighted by Crippen LogP contribution is -2.30. The van der Waals surface area contributed by atoms with Gasteiger partial charge in [0.05, 0.1) is 26.4 Å². The Balaban J connectivity index is 5.27. The number of aliphatic hydroxyl groups is 1. The number of allylic oxidation sites excluding steroid dienone is 4. The molecule has 0 aromatic rings. The molecule has 7 atom stereocenters. The number of phosphoric acid groups is 2. The van der Waals surface area contributed by atoms with Gasteiger partial charge in [-0.1, -0.05) is 330 Å². The van der Waals surface area contributed by atoms with E-state index in [0.717, 1.165) is 127 Å². The average molecular weight is 1430 g/mol. The maximum atomic E-state index is 13.1. The third-order valence-electron chi connectivity index (χ3n) is 18.5. The standard InChI is InChI=1S/C79H150O17P2/c1-8-11-12-13-14-15-16-17-20-24-27-34-39-48-55-62-78(83)95-74(66-89-76(81)60-53-46-38-33-30-29-32-37-44-51-58-71(6)9-2)68-93-97(85,86)91-64-73(80)65-92-98(87,88)94-69-75(67-90-77(82)61-54-47-42-41-45-52-59-72(7)10-3)96-79(84)63-56-49-40-35-28-25-22-19-18-21-23-26-31-36-43-50-57-70(4)5/h15-17,20,70-75,80H,8-14,18-19,21-69H2,1-7H3,(H,85,86)(H,87,88)/b16-15-,20-17-/t71?,72?,73-,74-,75-/m1/s1. The lowest BCUT2D eigenvalue weighted by atomic mass is 9.99. The topological polar surface area (TPSA) is 237 Å². The third-order valence-corrected chi connectivity index (χ3v) is 20.4. The van der Waals surface area contributed by atoms with Gasteiger partial charge in [-0.3, -0.25) is 37.3 Å². The minimum atomic E-state index is -4.97. The Morgan fingerprint density at radius 3 is 0.908 bits per heavy atom. The highest BCUT2D eigenvalue weighted by Crippen LogP contribution is 2.45. The molecule has 0 spiro atoms. The smallest absolute Gasteiger partial charge is 0.462 e. The number of hydrogen-bond donors (Lipinski definition) is 3. The highest BCUT2D eigenvalue weighted by Gasteiger charge is 2.30. The zero-order valence-corrected chi connectivity index (χ0v) is 65.5. The van der Waals surface area contributed by atoms with Gasteiger partial charge in [0.2, 0.25) is 0 Å². The second-order valence-corrected chi connectivity index (χ2v) is 31.6. The van der Waals surface area contributed by atoms with Gasteiger partial charge in [0.25, 0.3) is 0 Å². The van der Waals surface area contributed by atoms with Crippen LogP contribution < -0.4 is 0 Å². The van der Waals surface area contributed by atoms with Crippen molar-refractivity contribution in [3.8, 4) is 0 Å². The first-order valence-electron chi connectivity index (χ1n) is 40.2. The summed E-state index contributed by atoms with van der Waals surface area (Å²) in [5, 5.41) is 10.6. The normalized spacial score (nSPS) is 14.7. The van der Waals surface area contributed by atoms with E-state index < -0.39 is 97.5 Å². The van der Waals surface area contributed by atoms with E-state index in [4.69, 9.17) is 37.0 Å². The first kappa shape index (κ1) is 95.5. The molecule has 3 N–H and O–H groups in total. The van der Waals surface area contributed by atoms with Gasteiger partial charge in [0.1, 0.15) is 19.3 Å². The van der Waals surface area contributed by atoms with Gasteiger partial charge in [-0.2, -0.15) is 0 Å². The Morgan fingerprint density at radius 1 is 0.337 bits per heavy atom. The summed E-state index contributed by atoms with van der Waals surface area (Å²) >= 11 is 0. The summed E-state index contributed by atoms with van der Waals surface area (Å²) in [5.41, 5.74) is 0. The molecule has 0 aliphatic rings. The quantitative estimate of drug-likeness (QED) is 0.0169. The third kappa shape index (κ3) is 69.3. The fourth-order valence-electron chi connectivity index (χ4n) is 11.5. The molecule has 4 unspecified atom stereocenters. The summed E-state index contributed by atoms with van der Waals surface area (Å²) in [6.07, 6.45) is 59.0. The molecule has 0 saturated heterocycles. The average Bonchev–Trinajstić information content (AvgIpc) is 1.16. The van der Waals surface area contributed by atoms with Crippen molar-refractivity contribution in [1.29, 1.82) is 0 Å². The van der Waals surface area contributed by atoms with E-state index >= 15 is 0 Å². The van der Waals surface area contributed by atoms with Crippen LogP contribution in [0, 0.1) is 17.8 Å². The highest BCUT2D eigenvalue weighted by molar-refractivity contribution is 7.47. The lowest BCUT2D eigenvalue weighted by molar-refractivity contribution is -0.161. The first-order valence-corrected chi connectivity index (χ1v) is 43.2. The van der Waals surface area contributed by atoms with E-state index in [1.807, 2.05) is 0 Å². The minimum absolute atomic E-state index is 0.0846. The number of carbonyl (C=O) groups is 4. The van der Waals surface area contributed by atoms with Crippen LogP contribution in [0.1, 0.15) is 382 Å². The van der Waals surface area contributed by atoms with Gasteiger partial charge in [-0.05, 0) is 69.1 Å². The van der Waals surface area contributed by atoms with Crippen LogP contribution in [0.25, 0.3) is 0 Å². The fraction of sp³-hybridized carbons (Fsp3) is 0.899. The van der Waals surface area contributed by atoms with Gasteiger partial charge >= 0.3 is 39.5 Å². The molecule has 0 fully saturated rings. The molecule has 0 saturated carbocycles. The SMILES string of the molecule is CCCCCC/C=C\C=C/CCCCCCCC(=O)O[C@H](COC(=O)CCCCCCCCCCCCC(C)CC)COP(=O)(O)OC[C@@H](O)COP(=O)(O)OC[C@@H](COC(=O)CCCCCCCCC(C)CC)OC(=O)CCCCCCCCCCCCCCCCCCC(C)C. The molecule has 0 rings (SSSR count). The van der Waals surface area contributed by atoms with E-state index in [1.165, 1.54) is 173 Å². The van der Waals surface area contributed by atoms with Crippen LogP contribution in [0.15, 0.2) is 24.3 Å². The van der Waals surface area contributed by atoms with Crippen LogP contribution in [0.4, 0.5) is 0 Å². The molecule has 0 aromatic carbocycles. The second kappa shape index (κ2) is 68.9. The summed E-state index contributed by atoms with van der Waals surface area (Å²) in [6, 6.07) is 0. The van der Waals surface area contributed by atoms with Crippen molar-refractivity contribution in [1.82, 2.24) is 0 Å². The van der Waals surface area contributed by atoms with Gasteiger partial charge in [0.15, 0.2) is 12.2 Å². The van der Waals surface area contributed by atoms with Gasteiger partial charge in [0, 0.05) is 25.7 Å². The maximum absolute atomic E-state index is 13.1. The van der Waals surface area contributed by atoms with Crippen molar-refractivity contribution >= 4 is 39.5 Å². The van der Waals surface area contributed by atoms with Crippen molar-refractivity contribution < 1.29 is 80.2 Å². The summed E-state index contributed by atoms with van der Waals surface area (Å²) < 4.78 is 68.6. The Bertz CT molecular complexity index is 2000. The molecule has 0 aliphatic carbocycles. The van der Waals surface area contributed by atoms with Crippen molar-refractivity contribution in [3.05, 3.63) is 24.3 Å². The Labute approximate surface area is 599 Å². The van der Waals surface area contributed by atoms with Gasteiger partial charge in [-0.15, -0.1) is 0 Å².